The molecule has 0 saturated carbocycles. The van der Waals surface area contributed by atoms with Gasteiger partial charge in [0.25, 0.3) is 5.91 Å². The summed E-state index contributed by atoms with van der Waals surface area (Å²) in [5.74, 6) is 0.0127. The van der Waals surface area contributed by atoms with Crippen molar-refractivity contribution < 1.29 is 4.79 Å². The van der Waals surface area contributed by atoms with Crippen molar-refractivity contribution in [2.24, 2.45) is 0 Å². The molecule has 0 aliphatic carbocycles. The lowest BCUT2D eigenvalue weighted by molar-refractivity contribution is 0.0946. The van der Waals surface area contributed by atoms with Crippen LogP contribution in [-0.4, -0.2) is 27.4 Å². The number of carbonyl (C=O) groups excluding carboxylic acids is 1. The van der Waals surface area contributed by atoms with Crippen LogP contribution in [0.3, 0.4) is 0 Å². The summed E-state index contributed by atoms with van der Waals surface area (Å²) in [5, 5.41) is 11.2. The second-order valence-corrected chi connectivity index (χ2v) is 5.83. The molecule has 0 unspecified atom stereocenters. The molecule has 22 heavy (non-hydrogen) atoms. The molecule has 0 spiro atoms. The molecule has 0 aliphatic rings. The number of aryl methyl sites for hydroxylation is 1. The van der Waals surface area contributed by atoms with Gasteiger partial charge in [-0.3, -0.25) is 4.79 Å². The zero-order valence-electron chi connectivity index (χ0n) is 13.8. The van der Waals surface area contributed by atoms with E-state index in [2.05, 4.69) is 22.6 Å². The standard InChI is InChI=1S/C17H24N4O/c1-5-6-11-18-17(22)15-16(12(2)3)21(20-19-15)14-9-7-13(4)8-10-14/h7-10,12H,5-6,11H2,1-4H3,(H,18,22). The van der Waals surface area contributed by atoms with Crippen LogP contribution >= 0.6 is 0 Å². The van der Waals surface area contributed by atoms with Crippen molar-refractivity contribution in [1.29, 1.82) is 0 Å². The van der Waals surface area contributed by atoms with Crippen LogP contribution in [0.25, 0.3) is 5.69 Å². The molecule has 1 aromatic carbocycles. The lowest BCUT2D eigenvalue weighted by Gasteiger charge is -2.11. The molecule has 1 N–H and O–H groups in total. The molecule has 0 radical (unpaired) electrons. The summed E-state index contributed by atoms with van der Waals surface area (Å²) in [6, 6.07) is 8.05. The van der Waals surface area contributed by atoms with Gasteiger partial charge in [-0.2, -0.15) is 0 Å². The zero-order chi connectivity index (χ0) is 16.1. The fourth-order valence-electron chi connectivity index (χ4n) is 2.31. The lowest BCUT2D eigenvalue weighted by Crippen LogP contribution is -2.26. The van der Waals surface area contributed by atoms with E-state index in [0.717, 1.165) is 24.2 Å². The van der Waals surface area contributed by atoms with Gasteiger partial charge < -0.3 is 5.32 Å². The molecular formula is C17H24N4O. The summed E-state index contributed by atoms with van der Waals surface area (Å²) in [4.78, 5) is 12.3. The molecule has 1 amide bonds. The van der Waals surface area contributed by atoms with Crippen molar-refractivity contribution in [3.05, 3.63) is 41.2 Å². The van der Waals surface area contributed by atoms with E-state index in [9.17, 15) is 4.79 Å². The zero-order valence-corrected chi connectivity index (χ0v) is 13.8. The Labute approximate surface area is 131 Å². The lowest BCUT2D eigenvalue weighted by atomic mass is 10.1. The fourth-order valence-corrected chi connectivity index (χ4v) is 2.31. The van der Waals surface area contributed by atoms with E-state index < -0.39 is 0 Å². The van der Waals surface area contributed by atoms with Crippen molar-refractivity contribution >= 4 is 5.91 Å². The van der Waals surface area contributed by atoms with E-state index in [-0.39, 0.29) is 11.8 Å². The van der Waals surface area contributed by atoms with Gasteiger partial charge >= 0.3 is 0 Å². The number of hydrogen-bond donors (Lipinski definition) is 1. The molecule has 2 aromatic rings. The second-order valence-electron chi connectivity index (χ2n) is 5.83. The SMILES string of the molecule is CCCCNC(=O)c1nnn(-c2ccc(C)cc2)c1C(C)C. The monoisotopic (exact) mass is 300 g/mol. The van der Waals surface area contributed by atoms with Gasteiger partial charge in [0.15, 0.2) is 5.69 Å². The summed E-state index contributed by atoms with van der Waals surface area (Å²) < 4.78 is 1.76. The Morgan fingerprint density at radius 1 is 1.27 bits per heavy atom. The van der Waals surface area contributed by atoms with E-state index in [1.807, 2.05) is 45.0 Å². The van der Waals surface area contributed by atoms with Crippen LogP contribution in [-0.2, 0) is 0 Å². The Hall–Kier alpha value is -2.17. The molecule has 5 nitrogen and oxygen atoms in total. The number of nitrogens with one attached hydrogen (secondary N) is 1. The molecule has 0 saturated heterocycles. The third-order valence-corrected chi connectivity index (χ3v) is 3.56. The summed E-state index contributed by atoms with van der Waals surface area (Å²) >= 11 is 0. The molecule has 0 bridgehead atoms. The number of benzene rings is 1. The third kappa shape index (κ3) is 3.53. The predicted molar refractivity (Wildman–Crippen MR) is 87.4 cm³/mol. The minimum atomic E-state index is -0.143. The maximum Gasteiger partial charge on any atom is 0.273 e. The minimum Gasteiger partial charge on any atom is -0.351 e. The van der Waals surface area contributed by atoms with Gasteiger partial charge in [0, 0.05) is 6.54 Å². The van der Waals surface area contributed by atoms with Crippen molar-refractivity contribution in [2.45, 2.75) is 46.5 Å². The summed E-state index contributed by atoms with van der Waals surface area (Å²) in [6.45, 7) is 8.91. The molecular weight excluding hydrogens is 276 g/mol. The summed E-state index contributed by atoms with van der Waals surface area (Å²) in [6.07, 6.45) is 2.02. The normalized spacial score (nSPS) is 11.0. The van der Waals surface area contributed by atoms with Crippen LogP contribution in [0.5, 0.6) is 0 Å². The van der Waals surface area contributed by atoms with Gasteiger partial charge in [0.1, 0.15) is 0 Å². The van der Waals surface area contributed by atoms with Crippen LogP contribution < -0.4 is 5.32 Å². The van der Waals surface area contributed by atoms with Gasteiger partial charge in [-0.05, 0) is 31.4 Å². The quantitative estimate of drug-likeness (QED) is 0.833. The van der Waals surface area contributed by atoms with Crippen LogP contribution in [0.1, 0.15) is 61.3 Å². The van der Waals surface area contributed by atoms with E-state index in [1.165, 1.54) is 5.56 Å². The molecule has 1 aromatic heterocycles. The molecule has 0 atom stereocenters. The van der Waals surface area contributed by atoms with Crippen LogP contribution in [0, 0.1) is 6.92 Å². The van der Waals surface area contributed by atoms with Crippen molar-refractivity contribution in [3.63, 3.8) is 0 Å². The van der Waals surface area contributed by atoms with Crippen molar-refractivity contribution in [3.8, 4) is 5.69 Å². The molecule has 0 fully saturated rings. The first-order valence-corrected chi connectivity index (χ1v) is 7.85. The first kappa shape index (κ1) is 16.2. The highest BCUT2D eigenvalue weighted by molar-refractivity contribution is 5.93. The van der Waals surface area contributed by atoms with Gasteiger partial charge in [0.05, 0.1) is 11.4 Å². The molecule has 1 heterocycles. The predicted octanol–water partition coefficient (Wildman–Crippen LogP) is 3.23. The summed E-state index contributed by atoms with van der Waals surface area (Å²) in [7, 11) is 0. The topological polar surface area (TPSA) is 59.8 Å². The number of rotatable bonds is 6. The number of unbranched alkanes of at least 4 members (excludes halogenated alkanes) is 1. The van der Waals surface area contributed by atoms with Crippen LogP contribution in [0.4, 0.5) is 0 Å². The molecule has 2 rings (SSSR count). The second kappa shape index (κ2) is 7.20. The van der Waals surface area contributed by atoms with E-state index in [1.54, 1.807) is 4.68 Å². The van der Waals surface area contributed by atoms with Gasteiger partial charge in [-0.1, -0.05) is 50.1 Å². The average Bonchev–Trinajstić information content (AvgIpc) is 2.93. The van der Waals surface area contributed by atoms with E-state index in [4.69, 9.17) is 0 Å². The van der Waals surface area contributed by atoms with Gasteiger partial charge in [-0.25, -0.2) is 4.68 Å². The highest BCUT2D eigenvalue weighted by atomic mass is 16.2. The first-order chi connectivity index (χ1) is 10.5. The average molecular weight is 300 g/mol. The molecule has 0 aliphatic heterocycles. The Bertz CT molecular complexity index is 629. The Kier molecular flexibility index (Phi) is 5.31. The molecule has 118 valence electrons. The number of aromatic nitrogens is 3. The maximum absolute atomic E-state index is 12.3. The largest absolute Gasteiger partial charge is 0.351 e. The van der Waals surface area contributed by atoms with Crippen molar-refractivity contribution in [1.82, 2.24) is 20.3 Å². The van der Waals surface area contributed by atoms with E-state index >= 15 is 0 Å². The Morgan fingerprint density at radius 3 is 2.55 bits per heavy atom. The van der Waals surface area contributed by atoms with Crippen molar-refractivity contribution in [2.75, 3.05) is 6.54 Å². The minimum absolute atomic E-state index is 0.143. The highest BCUT2D eigenvalue weighted by Gasteiger charge is 2.22. The van der Waals surface area contributed by atoms with Crippen LogP contribution in [0.15, 0.2) is 24.3 Å². The molecule has 5 heteroatoms. The Morgan fingerprint density at radius 2 is 1.95 bits per heavy atom. The Balaban J connectivity index is 2.33. The van der Waals surface area contributed by atoms with Gasteiger partial charge in [0.2, 0.25) is 0 Å². The van der Waals surface area contributed by atoms with Crippen LogP contribution in [0.2, 0.25) is 0 Å². The first-order valence-electron chi connectivity index (χ1n) is 7.85. The maximum atomic E-state index is 12.3. The third-order valence-electron chi connectivity index (χ3n) is 3.56. The summed E-state index contributed by atoms with van der Waals surface area (Å²) in [5.41, 5.74) is 3.38. The van der Waals surface area contributed by atoms with E-state index in [0.29, 0.717) is 12.2 Å². The fraction of sp³-hybridized carbons (Fsp3) is 0.471. The number of hydrogen-bond acceptors (Lipinski definition) is 3. The number of amides is 1. The van der Waals surface area contributed by atoms with Gasteiger partial charge in [-0.15, -0.1) is 5.10 Å². The number of carbonyl (C=O) groups is 1. The number of nitrogens with zero attached hydrogens (tertiary/aromatic N) is 3. The smallest absolute Gasteiger partial charge is 0.273 e. The highest BCUT2D eigenvalue weighted by Crippen LogP contribution is 2.21.